The molecule has 1 atom stereocenters. The number of ether oxygens (including phenoxy) is 1. The molecule has 4 heteroatoms. The van der Waals surface area contributed by atoms with E-state index in [0.29, 0.717) is 26.1 Å². The van der Waals surface area contributed by atoms with Crippen molar-refractivity contribution in [2.45, 2.75) is 32.7 Å². The van der Waals surface area contributed by atoms with Crippen LogP contribution in [-0.4, -0.2) is 25.2 Å². The molecule has 0 fully saturated rings. The number of nitrogens with one attached hydrogen (secondary N) is 1. The van der Waals surface area contributed by atoms with Gasteiger partial charge < -0.3 is 10.1 Å². The van der Waals surface area contributed by atoms with Crippen LogP contribution < -0.4 is 5.32 Å². The van der Waals surface area contributed by atoms with Crippen LogP contribution in [0.2, 0.25) is 0 Å². The highest BCUT2D eigenvalue weighted by molar-refractivity contribution is 5.76. The van der Waals surface area contributed by atoms with Crippen molar-refractivity contribution in [3.63, 3.8) is 0 Å². The lowest BCUT2D eigenvalue weighted by Crippen LogP contribution is -2.33. The maximum Gasteiger partial charge on any atom is 0.223 e. The highest BCUT2D eigenvalue weighted by Gasteiger charge is 2.07. The zero-order valence-corrected chi connectivity index (χ0v) is 8.17. The van der Waals surface area contributed by atoms with Gasteiger partial charge in [-0.1, -0.05) is 6.92 Å². The van der Waals surface area contributed by atoms with Crippen molar-refractivity contribution in [3.8, 4) is 6.07 Å². The highest BCUT2D eigenvalue weighted by Crippen LogP contribution is 1.90. The van der Waals surface area contributed by atoms with Crippen LogP contribution in [0.1, 0.15) is 26.7 Å². The maximum absolute atomic E-state index is 11.1. The normalized spacial score (nSPS) is 11.8. The molecule has 1 unspecified atom stereocenters. The minimum atomic E-state index is -0.367. The zero-order valence-electron chi connectivity index (χ0n) is 8.17. The van der Waals surface area contributed by atoms with Gasteiger partial charge in [0.25, 0.3) is 0 Å². The molecule has 0 radical (unpaired) electrons. The molecule has 0 aliphatic rings. The Morgan fingerprint density at radius 1 is 1.62 bits per heavy atom. The van der Waals surface area contributed by atoms with Gasteiger partial charge in [-0.3, -0.25) is 4.79 Å². The summed E-state index contributed by atoms with van der Waals surface area (Å²) in [5.74, 6) is -0.123. The fraction of sp³-hybridized carbons (Fsp3) is 0.778. The molecule has 0 heterocycles. The minimum Gasteiger partial charge on any atom is -0.381 e. The second-order valence-electron chi connectivity index (χ2n) is 2.60. The molecule has 0 bridgehead atoms. The molecule has 0 aromatic heterocycles. The van der Waals surface area contributed by atoms with Crippen molar-refractivity contribution in [1.82, 2.24) is 5.32 Å². The van der Waals surface area contributed by atoms with E-state index in [1.165, 1.54) is 0 Å². The maximum atomic E-state index is 11.1. The second kappa shape index (κ2) is 7.56. The van der Waals surface area contributed by atoms with Crippen molar-refractivity contribution in [1.29, 1.82) is 5.26 Å². The minimum absolute atomic E-state index is 0.123. The molecule has 0 saturated carbocycles. The summed E-state index contributed by atoms with van der Waals surface area (Å²) in [6, 6.07) is 1.63. The molecule has 1 amide bonds. The molecule has 1 N–H and O–H groups in total. The summed E-state index contributed by atoms with van der Waals surface area (Å²) in [7, 11) is 0. The summed E-state index contributed by atoms with van der Waals surface area (Å²) in [5, 5.41) is 11.1. The van der Waals surface area contributed by atoms with Gasteiger partial charge in [0.1, 0.15) is 6.04 Å². The number of amides is 1. The van der Waals surface area contributed by atoms with Gasteiger partial charge in [0.2, 0.25) is 5.91 Å². The molecular formula is C9H16N2O2. The average molecular weight is 184 g/mol. The Labute approximate surface area is 78.9 Å². The highest BCUT2D eigenvalue weighted by atomic mass is 16.5. The summed E-state index contributed by atoms with van der Waals surface area (Å²) in [4.78, 5) is 11.1. The van der Waals surface area contributed by atoms with Crippen LogP contribution in [0.5, 0.6) is 0 Å². The standard InChI is InChI=1S/C9H16N2O2/c1-3-8(7-10)11-9(12)5-6-13-4-2/h8H,3-6H2,1-2H3,(H,11,12). The Kier molecular flexibility index (Phi) is 6.93. The summed E-state index contributed by atoms with van der Waals surface area (Å²) in [5.41, 5.74) is 0. The third kappa shape index (κ3) is 6.12. The lowest BCUT2D eigenvalue weighted by atomic mass is 10.2. The smallest absolute Gasteiger partial charge is 0.223 e. The Balaban J connectivity index is 3.56. The summed E-state index contributed by atoms with van der Waals surface area (Å²) >= 11 is 0. The first kappa shape index (κ1) is 11.9. The number of carbonyl (C=O) groups excluding carboxylic acids is 1. The van der Waals surface area contributed by atoms with Crippen LogP contribution in [0.3, 0.4) is 0 Å². The number of nitrogens with zero attached hydrogens (tertiary/aromatic N) is 1. The molecule has 0 saturated heterocycles. The fourth-order valence-corrected chi connectivity index (χ4v) is 0.801. The second-order valence-corrected chi connectivity index (χ2v) is 2.60. The van der Waals surface area contributed by atoms with Crippen molar-refractivity contribution < 1.29 is 9.53 Å². The lowest BCUT2D eigenvalue weighted by molar-refractivity contribution is -0.122. The van der Waals surface area contributed by atoms with Crippen molar-refractivity contribution in [2.75, 3.05) is 13.2 Å². The molecule has 74 valence electrons. The molecule has 0 rings (SSSR count). The van der Waals surface area contributed by atoms with Gasteiger partial charge in [0, 0.05) is 13.0 Å². The van der Waals surface area contributed by atoms with Crippen LogP contribution in [0.15, 0.2) is 0 Å². The third-order valence-corrected chi connectivity index (χ3v) is 1.58. The van der Waals surface area contributed by atoms with Gasteiger partial charge in [-0.25, -0.2) is 0 Å². The summed E-state index contributed by atoms with van der Waals surface area (Å²) in [6.07, 6.45) is 0.961. The van der Waals surface area contributed by atoms with Crippen LogP contribution in [0.25, 0.3) is 0 Å². The van der Waals surface area contributed by atoms with Crippen molar-refractivity contribution in [3.05, 3.63) is 0 Å². The molecule has 4 nitrogen and oxygen atoms in total. The largest absolute Gasteiger partial charge is 0.381 e. The Hall–Kier alpha value is -1.08. The van der Waals surface area contributed by atoms with Crippen molar-refractivity contribution >= 4 is 5.91 Å². The first-order valence-electron chi connectivity index (χ1n) is 4.51. The van der Waals surface area contributed by atoms with Crippen LogP contribution in [-0.2, 0) is 9.53 Å². The van der Waals surface area contributed by atoms with E-state index >= 15 is 0 Å². The molecule has 0 aliphatic heterocycles. The molecule has 0 aromatic rings. The fourth-order valence-electron chi connectivity index (χ4n) is 0.801. The third-order valence-electron chi connectivity index (χ3n) is 1.58. The summed E-state index contributed by atoms with van der Waals surface area (Å²) in [6.45, 7) is 4.77. The van der Waals surface area contributed by atoms with Crippen LogP contribution >= 0.6 is 0 Å². The number of nitriles is 1. The van der Waals surface area contributed by atoms with E-state index in [9.17, 15) is 4.79 Å². The number of carbonyl (C=O) groups is 1. The number of hydrogen-bond acceptors (Lipinski definition) is 3. The molecule has 0 aliphatic carbocycles. The van der Waals surface area contributed by atoms with Gasteiger partial charge >= 0.3 is 0 Å². The SMILES string of the molecule is CCOCCC(=O)NC(C#N)CC. The number of hydrogen-bond donors (Lipinski definition) is 1. The van der Waals surface area contributed by atoms with E-state index < -0.39 is 0 Å². The quantitative estimate of drug-likeness (QED) is 0.622. The van der Waals surface area contributed by atoms with Crippen LogP contribution in [0.4, 0.5) is 0 Å². The Morgan fingerprint density at radius 3 is 2.77 bits per heavy atom. The predicted molar refractivity (Wildman–Crippen MR) is 48.9 cm³/mol. The predicted octanol–water partition coefficient (Wildman–Crippen LogP) is 0.831. The first-order valence-corrected chi connectivity index (χ1v) is 4.51. The van der Waals surface area contributed by atoms with E-state index in [1.807, 2.05) is 19.9 Å². The van der Waals surface area contributed by atoms with E-state index in [1.54, 1.807) is 0 Å². The van der Waals surface area contributed by atoms with Crippen LogP contribution in [0, 0.1) is 11.3 Å². The van der Waals surface area contributed by atoms with E-state index in [-0.39, 0.29) is 11.9 Å². The molecule has 0 spiro atoms. The molecule has 13 heavy (non-hydrogen) atoms. The molecular weight excluding hydrogens is 168 g/mol. The van der Waals surface area contributed by atoms with Gasteiger partial charge in [-0.05, 0) is 13.3 Å². The van der Waals surface area contributed by atoms with E-state index in [4.69, 9.17) is 10.00 Å². The van der Waals surface area contributed by atoms with Gasteiger partial charge in [0.05, 0.1) is 12.7 Å². The Morgan fingerprint density at radius 2 is 2.31 bits per heavy atom. The van der Waals surface area contributed by atoms with Gasteiger partial charge in [-0.2, -0.15) is 5.26 Å². The van der Waals surface area contributed by atoms with E-state index in [2.05, 4.69) is 5.32 Å². The topological polar surface area (TPSA) is 62.1 Å². The van der Waals surface area contributed by atoms with Gasteiger partial charge in [0.15, 0.2) is 0 Å². The van der Waals surface area contributed by atoms with Crippen molar-refractivity contribution in [2.24, 2.45) is 0 Å². The first-order chi connectivity index (χ1) is 6.24. The van der Waals surface area contributed by atoms with E-state index in [0.717, 1.165) is 0 Å². The average Bonchev–Trinajstić information content (AvgIpc) is 2.14. The summed E-state index contributed by atoms with van der Waals surface area (Å²) < 4.78 is 5.01. The number of rotatable bonds is 6. The molecule has 0 aromatic carbocycles. The van der Waals surface area contributed by atoms with Gasteiger partial charge in [-0.15, -0.1) is 0 Å². The zero-order chi connectivity index (χ0) is 10.1. The monoisotopic (exact) mass is 184 g/mol. The Bertz CT molecular complexity index is 187. The lowest BCUT2D eigenvalue weighted by Gasteiger charge is -2.08.